The van der Waals surface area contributed by atoms with Crippen LogP contribution in [0.3, 0.4) is 0 Å². The molecule has 0 fully saturated rings. The van der Waals surface area contributed by atoms with E-state index in [4.69, 9.17) is 16.4 Å². The number of quaternary nitrogens is 1. The number of halogens is 1. The summed E-state index contributed by atoms with van der Waals surface area (Å²) in [6.45, 7) is 2.02. The first-order valence-corrected chi connectivity index (χ1v) is 3.74. The third kappa shape index (κ3) is 2.19. The minimum absolute atomic E-state index is 0.720. The van der Waals surface area contributed by atoms with Crippen LogP contribution in [0.4, 0.5) is 5.69 Å². The molecule has 0 amide bonds. The van der Waals surface area contributed by atoms with Gasteiger partial charge in [0.25, 0.3) is 0 Å². The molecule has 0 aliphatic carbocycles. The number of hydrogen-bond acceptors (Lipinski definition) is 1. The molecule has 0 spiro atoms. The third-order valence-electron chi connectivity index (χ3n) is 1.40. The molecule has 0 heterocycles. The first-order valence-electron chi connectivity index (χ1n) is 3.36. The Morgan fingerprint density at radius 1 is 1.45 bits per heavy atom. The van der Waals surface area contributed by atoms with E-state index in [9.17, 15) is 0 Å². The quantitative estimate of drug-likeness (QED) is 0.530. The van der Waals surface area contributed by atoms with Gasteiger partial charge in [-0.25, -0.2) is 4.84 Å². The van der Waals surface area contributed by atoms with Gasteiger partial charge in [-0.05, 0) is 18.6 Å². The number of aryl methyl sites for hydroxylation is 1. The lowest BCUT2D eigenvalue weighted by Gasteiger charge is -1.99. The molecule has 1 aromatic rings. The maximum Gasteiger partial charge on any atom is 0.180 e. The van der Waals surface area contributed by atoms with Crippen molar-refractivity contribution in [3.63, 3.8) is 0 Å². The van der Waals surface area contributed by atoms with Gasteiger partial charge in [-0.1, -0.05) is 17.7 Å². The Bertz CT molecular complexity index is 250. The van der Waals surface area contributed by atoms with Gasteiger partial charge in [0.05, 0.1) is 7.11 Å². The Hall–Kier alpha value is -0.570. The Kier molecular flexibility index (Phi) is 2.88. The Labute approximate surface area is 71.1 Å². The Morgan fingerprint density at radius 2 is 2.18 bits per heavy atom. The summed E-state index contributed by atoms with van der Waals surface area (Å²) in [5.41, 5.74) is 3.74. The third-order valence-corrected chi connectivity index (χ3v) is 1.74. The van der Waals surface area contributed by atoms with Gasteiger partial charge in [0.2, 0.25) is 0 Å². The molecule has 1 rings (SSSR count). The van der Waals surface area contributed by atoms with Gasteiger partial charge < -0.3 is 0 Å². The number of rotatable bonds is 2. The van der Waals surface area contributed by atoms with Gasteiger partial charge in [-0.15, -0.1) is 0 Å². The molecule has 0 aliphatic rings. The van der Waals surface area contributed by atoms with Gasteiger partial charge in [0.1, 0.15) is 5.02 Å². The average molecular weight is 173 g/mol. The Morgan fingerprint density at radius 3 is 2.82 bits per heavy atom. The van der Waals surface area contributed by atoms with Crippen LogP contribution in [0.25, 0.3) is 0 Å². The van der Waals surface area contributed by atoms with Crippen LogP contribution in [0.5, 0.6) is 0 Å². The minimum Gasteiger partial charge on any atom is -0.204 e. The van der Waals surface area contributed by atoms with Crippen LogP contribution < -0.4 is 5.48 Å². The molecule has 0 aliphatic heterocycles. The standard InChI is InChI=1S/C8H10ClNO/c1-6-3-4-7(9)8(5-6)10-11-2/h3-5,10H,1-2H3/p+1. The molecule has 0 unspecified atom stereocenters. The highest BCUT2D eigenvalue weighted by Gasteiger charge is 2.02. The zero-order valence-electron chi connectivity index (χ0n) is 6.60. The van der Waals surface area contributed by atoms with Crippen molar-refractivity contribution >= 4 is 17.3 Å². The molecule has 3 heteroatoms. The van der Waals surface area contributed by atoms with Gasteiger partial charge in [-0.3, -0.25) is 0 Å². The van der Waals surface area contributed by atoms with E-state index in [1.807, 2.05) is 25.1 Å². The van der Waals surface area contributed by atoms with Crippen LogP contribution in [0.2, 0.25) is 5.02 Å². The van der Waals surface area contributed by atoms with E-state index < -0.39 is 0 Å². The number of benzene rings is 1. The second kappa shape index (κ2) is 3.72. The van der Waals surface area contributed by atoms with Crippen molar-refractivity contribution in [2.24, 2.45) is 0 Å². The summed E-state index contributed by atoms with van der Waals surface area (Å²) in [6, 6.07) is 5.81. The molecule has 60 valence electrons. The number of nitrogens with two attached hydrogens (primary N) is 1. The molecule has 0 saturated heterocycles. The van der Waals surface area contributed by atoms with Gasteiger partial charge in [-0.2, -0.15) is 5.48 Å². The van der Waals surface area contributed by atoms with Crippen molar-refractivity contribution in [2.45, 2.75) is 6.92 Å². The maximum absolute atomic E-state index is 5.86. The van der Waals surface area contributed by atoms with E-state index in [1.54, 1.807) is 12.6 Å². The molecule has 0 bridgehead atoms. The fourth-order valence-corrected chi connectivity index (χ4v) is 1.04. The van der Waals surface area contributed by atoms with Crippen molar-refractivity contribution < 1.29 is 10.3 Å². The van der Waals surface area contributed by atoms with E-state index in [2.05, 4.69) is 0 Å². The molecule has 0 atom stereocenters. The topological polar surface area (TPSA) is 25.8 Å². The van der Waals surface area contributed by atoms with Crippen molar-refractivity contribution in [3.8, 4) is 0 Å². The van der Waals surface area contributed by atoms with E-state index in [0.717, 1.165) is 10.7 Å². The molecular weight excluding hydrogens is 162 g/mol. The van der Waals surface area contributed by atoms with Crippen LogP contribution in [-0.4, -0.2) is 7.11 Å². The van der Waals surface area contributed by atoms with Crippen molar-refractivity contribution in [3.05, 3.63) is 28.8 Å². The van der Waals surface area contributed by atoms with Crippen molar-refractivity contribution in [1.82, 2.24) is 0 Å². The molecule has 2 nitrogen and oxygen atoms in total. The second-order valence-corrected chi connectivity index (χ2v) is 2.79. The minimum atomic E-state index is 0.720. The second-order valence-electron chi connectivity index (χ2n) is 2.38. The highest BCUT2D eigenvalue weighted by Crippen LogP contribution is 2.17. The lowest BCUT2D eigenvalue weighted by Crippen LogP contribution is -2.76. The van der Waals surface area contributed by atoms with Crippen LogP contribution >= 0.6 is 11.6 Å². The van der Waals surface area contributed by atoms with E-state index in [1.165, 1.54) is 5.56 Å². The summed E-state index contributed by atoms with van der Waals surface area (Å²) in [4.78, 5) is 4.85. The fraction of sp³-hybridized carbons (Fsp3) is 0.250. The lowest BCUT2D eigenvalue weighted by molar-refractivity contribution is -0.830. The normalized spacial score (nSPS) is 10.1. The Balaban J connectivity index is 2.93. The first kappa shape index (κ1) is 8.53. The van der Waals surface area contributed by atoms with Gasteiger partial charge in [0, 0.05) is 6.07 Å². The first-order chi connectivity index (χ1) is 5.24. The smallest absolute Gasteiger partial charge is 0.180 e. The summed E-state index contributed by atoms with van der Waals surface area (Å²) in [7, 11) is 1.61. The predicted molar refractivity (Wildman–Crippen MR) is 44.8 cm³/mol. The monoisotopic (exact) mass is 172 g/mol. The molecule has 11 heavy (non-hydrogen) atoms. The van der Waals surface area contributed by atoms with Crippen molar-refractivity contribution in [1.29, 1.82) is 0 Å². The summed E-state index contributed by atoms with van der Waals surface area (Å²) in [5.74, 6) is 0. The summed E-state index contributed by atoms with van der Waals surface area (Å²) >= 11 is 5.86. The zero-order valence-corrected chi connectivity index (χ0v) is 7.35. The summed E-state index contributed by atoms with van der Waals surface area (Å²) < 4.78 is 0. The predicted octanol–water partition coefficient (Wildman–Crippen LogP) is 1.40. The fourth-order valence-electron chi connectivity index (χ4n) is 0.880. The molecule has 0 aromatic heterocycles. The highest BCUT2D eigenvalue weighted by molar-refractivity contribution is 6.32. The maximum atomic E-state index is 5.86. The van der Waals surface area contributed by atoms with Crippen LogP contribution in [-0.2, 0) is 4.84 Å². The lowest BCUT2D eigenvalue weighted by atomic mass is 10.2. The van der Waals surface area contributed by atoms with Crippen molar-refractivity contribution in [2.75, 3.05) is 7.11 Å². The SMILES string of the molecule is CO[NH2+]c1cc(C)ccc1Cl. The molecule has 2 N–H and O–H groups in total. The molecule has 0 radical (unpaired) electrons. The zero-order chi connectivity index (χ0) is 8.27. The number of hydrogen-bond donors (Lipinski definition) is 1. The van der Waals surface area contributed by atoms with Gasteiger partial charge in [0.15, 0.2) is 5.69 Å². The summed E-state index contributed by atoms with van der Waals surface area (Å²) in [6.07, 6.45) is 0. The summed E-state index contributed by atoms with van der Waals surface area (Å²) in [5, 5.41) is 0.720. The average Bonchev–Trinajstić information content (AvgIpc) is 1.98. The van der Waals surface area contributed by atoms with E-state index in [-0.39, 0.29) is 0 Å². The van der Waals surface area contributed by atoms with Crippen LogP contribution in [0, 0.1) is 6.92 Å². The molecule has 1 aromatic carbocycles. The van der Waals surface area contributed by atoms with Crippen LogP contribution in [0.15, 0.2) is 18.2 Å². The van der Waals surface area contributed by atoms with Gasteiger partial charge >= 0.3 is 0 Å². The van der Waals surface area contributed by atoms with Crippen LogP contribution in [0.1, 0.15) is 5.56 Å². The highest BCUT2D eigenvalue weighted by atomic mass is 35.5. The molecule has 0 saturated carbocycles. The van der Waals surface area contributed by atoms with E-state index in [0.29, 0.717) is 0 Å². The largest absolute Gasteiger partial charge is 0.204 e. The molecular formula is C8H11ClNO+. The van der Waals surface area contributed by atoms with E-state index >= 15 is 0 Å².